The van der Waals surface area contributed by atoms with Crippen molar-refractivity contribution in [2.24, 2.45) is 5.92 Å². The van der Waals surface area contributed by atoms with Crippen LogP contribution >= 0.6 is 0 Å². The van der Waals surface area contributed by atoms with E-state index in [9.17, 15) is 27.6 Å². The van der Waals surface area contributed by atoms with Crippen LogP contribution in [0.5, 0.6) is 0 Å². The van der Waals surface area contributed by atoms with Gasteiger partial charge in [-0.15, -0.1) is 0 Å². The largest absolute Gasteiger partial charge is 0.416 e. The van der Waals surface area contributed by atoms with Crippen LogP contribution in [0.1, 0.15) is 53.7 Å². The fraction of sp³-hybridized carbons (Fsp3) is 0.464. The van der Waals surface area contributed by atoms with Crippen molar-refractivity contribution in [3.05, 3.63) is 70.8 Å². The highest BCUT2D eigenvalue weighted by atomic mass is 19.4. The highest BCUT2D eigenvalue weighted by Crippen LogP contribution is 2.39. The van der Waals surface area contributed by atoms with Crippen LogP contribution in [0.15, 0.2) is 48.5 Å². The first-order chi connectivity index (χ1) is 17.9. The van der Waals surface area contributed by atoms with E-state index in [1.807, 2.05) is 32.9 Å². The van der Waals surface area contributed by atoms with Crippen molar-refractivity contribution in [3.63, 3.8) is 0 Å². The number of benzene rings is 2. The molecule has 0 radical (unpaired) electrons. The molecule has 2 aliphatic heterocycles. The zero-order valence-corrected chi connectivity index (χ0v) is 21.7. The third-order valence-corrected chi connectivity index (χ3v) is 7.15. The summed E-state index contributed by atoms with van der Waals surface area (Å²) in [4.78, 5) is 42.8. The Morgan fingerprint density at radius 3 is 2.34 bits per heavy atom. The molecule has 0 unspecified atom stereocenters. The Morgan fingerprint density at radius 1 is 1.08 bits per heavy atom. The molecule has 7 nitrogen and oxygen atoms in total. The Hall–Kier alpha value is -3.40. The molecule has 2 aromatic carbocycles. The molecule has 38 heavy (non-hydrogen) atoms. The molecule has 0 saturated carbocycles. The van der Waals surface area contributed by atoms with E-state index in [1.54, 1.807) is 17.0 Å². The van der Waals surface area contributed by atoms with Gasteiger partial charge in [0.2, 0.25) is 11.8 Å². The van der Waals surface area contributed by atoms with Gasteiger partial charge >= 0.3 is 6.18 Å². The van der Waals surface area contributed by atoms with E-state index in [2.05, 4.69) is 5.32 Å². The van der Waals surface area contributed by atoms with E-state index in [-0.39, 0.29) is 30.9 Å². The molecule has 2 heterocycles. The van der Waals surface area contributed by atoms with Crippen molar-refractivity contribution >= 4 is 17.7 Å². The molecule has 2 fully saturated rings. The lowest BCUT2D eigenvalue weighted by Crippen LogP contribution is -2.60. The van der Waals surface area contributed by atoms with Crippen LogP contribution < -0.4 is 5.32 Å². The van der Waals surface area contributed by atoms with Gasteiger partial charge in [0.25, 0.3) is 5.91 Å². The number of carbonyl (C=O) groups is 3. The van der Waals surface area contributed by atoms with Crippen molar-refractivity contribution in [2.45, 2.75) is 58.1 Å². The molecule has 1 atom stereocenters. The minimum absolute atomic E-state index is 0.0182. The molecule has 1 N–H and O–H groups in total. The summed E-state index contributed by atoms with van der Waals surface area (Å²) in [6, 6.07) is 10.8. The lowest BCUT2D eigenvalue weighted by Gasteiger charge is -2.44. The summed E-state index contributed by atoms with van der Waals surface area (Å²) in [5.74, 6) is -1.02. The van der Waals surface area contributed by atoms with E-state index < -0.39 is 29.4 Å². The van der Waals surface area contributed by atoms with Gasteiger partial charge < -0.3 is 15.0 Å². The van der Waals surface area contributed by atoms with E-state index >= 15 is 0 Å². The summed E-state index contributed by atoms with van der Waals surface area (Å²) < 4.78 is 45.4. The SMILES string of the molecule is Cc1ccc(C(=O)N2[C@@H](C(=O)NCc3cccc(C(F)(F)F)c3)COC23CCN(C(=O)C(C)C)CC3)cc1. The molecule has 0 bridgehead atoms. The van der Waals surface area contributed by atoms with Gasteiger partial charge in [-0.2, -0.15) is 13.2 Å². The Balaban J connectivity index is 1.55. The molecule has 3 amide bonds. The Labute approximate surface area is 219 Å². The van der Waals surface area contributed by atoms with E-state index in [1.165, 1.54) is 17.0 Å². The summed E-state index contributed by atoms with van der Waals surface area (Å²) in [6.45, 7) is 6.15. The number of piperidine rings is 1. The first kappa shape index (κ1) is 27.6. The third kappa shape index (κ3) is 5.70. The molecule has 0 aromatic heterocycles. The van der Waals surface area contributed by atoms with Gasteiger partial charge in [0.05, 0.1) is 12.2 Å². The van der Waals surface area contributed by atoms with Crippen LogP contribution in [-0.2, 0) is 27.0 Å². The first-order valence-electron chi connectivity index (χ1n) is 12.7. The van der Waals surface area contributed by atoms with Gasteiger partial charge in [-0.05, 0) is 36.8 Å². The van der Waals surface area contributed by atoms with E-state index in [0.29, 0.717) is 37.1 Å². The van der Waals surface area contributed by atoms with Gasteiger partial charge in [-0.25, -0.2) is 0 Å². The molecule has 4 rings (SSSR count). The number of hydrogen-bond donors (Lipinski definition) is 1. The second-order valence-electron chi connectivity index (χ2n) is 10.2. The predicted molar refractivity (Wildman–Crippen MR) is 134 cm³/mol. The normalized spacial score (nSPS) is 19.2. The smallest absolute Gasteiger partial charge is 0.353 e. The molecule has 2 aromatic rings. The maximum absolute atomic E-state index is 13.8. The maximum atomic E-state index is 13.8. The number of nitrogens with zero attached hydrogens (tertiary/aromatic N) is 2. The number of hydrogen-bond acceptors (Lipinski definition) is 4. The van der Waals surface area contributed by atoms with Crippen molar-refractivity contribution in [1.29, 1.82) is 0 Å². The molecule has 10 heteroatoms. The van der Waals surface area contributed by atoms with E-state index in [0.717, 1.165) is 17.7 Å². The molecule has 2 saturated heterocycles. The summed E-state index contributed by atoms with van der Waals surface area (Å²) in [5, 5.41) is 2.68. The van der Waals surface area contributed by atoms with Crippen LogP contribution in [0, 0.1) is 12.8 Å². The van der Waals surface area contributed by atoms with Crippen molar-refractivity contribution in [2.75, 3.05) is 19.7 Å². The van der Waals surface area contributed by atoms with Gasteiger partial charge in [0, 0.05) is 44.0 Å². The van der Waals surface area contributed by atoms with Gasteiger partial charge in [-0.3, -0.25) is 19.3 Å². The Kier molecular flexibility index (Phi) is 7.83. The number of alkyl halides is 3. The van der Waals surface area contributed by atoms with Crippen molar-refractivity contribution in [3.8, 4) is 0 Å². The van der Waals surface area contributed by atoms with Crippen LogP contribution in [0.25, 0.3) is 0 Å². The zero-order chi connectivity index (χ0) is 27.7. The van der Waals surface area contributed by atoms with Gasteiger partial charge in [0.15, 0.2) is 0 Å². The number of amides is 3. The number of carbonyl (C=O) groups excluding carboxylic acids is 3. The van der Waals surface area contributed by atoms with Crippen LogP contribution in [0.3, 0.4) is 0 Å². The number of halogens is 3. The van der Waals surface area contributed by atoms with Gasteiger partial charge in [0.1, 0.15) is 11.8 Å². The second-order valence-corrected chi connectivity index (χ2v) is 10.2. The van der Waals surface area contributed by atoms with Crippen molar-refractivity contribution < 1.29 is 32.3 Å². The van der Waals surface area contributed by atoms with Gasteiger partial charge in [-0.1, -0.05) is 43.7 Å². The topological polar surface area (TPSA) is 79.0 Å². The average Bonchev–Trinajstić information content (AvgIpc) is 3.25. The maximum Gasteiger partial charge on any atom is 0.416 e. The molecular weight excluding hydrogens is 499 g/mol. The molecule has 0 aliphatic carbocycles. The summed E-state index contributed by atoms with van der Waals surface area (Å²) >= 11 is 0. The third-order valence-electron chi connectivity index (χ3n) is 7.15. The molecule has 204 valence electrons. The number of aryl methyl sites for hydroxylation is 1. The lowest BCUT2D eigenvalue weighted by molar-refractivity contribution is -0.146. The monoisotopic (exact) mass is 531 g/mol. The highest BCUT2D eigenvalue weighted by Gasteiger charge is 2.54. The minimum atomic E-state index is -4.49. The highest BCUT2D eigenvalue weighted by molar-refractivity contribution is 5.98. The minimum Gasteiger partial charge on any atom is -0.353 e. The fourth-order valence-corrected chi connectivity index (χ4v) is 5.01. The number of ether oxygens (including phenoxy) is 1. The number of rotatable bonds is 5. The summed E-state index contributed by atoms with van der Waals surface area (Å²) in [5.41, 5.74) is -0.194. The summed E-state index contributed by atoms with van der Waals surface area (Å²) in [7, 11) is 0. The average molecular weight is 532 g/mol. The van der Waals surface area contributed by atoms with Crippen LogP contribution in [0.4, 0.5) is 13.2 Å². The Bertz CT molecular complexity index is 1190. The predicted octanol–water partition coefficient (Wildman–Crippen LogP) is 4.15. The van der Waals surface area contributed by atoms with Crippen LogP contribution in [0.2, 0.25) is 0 Å². The molecule has 1 spiro atoms. The fourth-order valence-electron chi connectivity index (χ4n) is 5.01. The summed E-state index contributed by atoms with van der Waals surface area (Å²) in [6.07, 6.45) is -3.80. The quantitative estimate of drug-likeness (QED) is 0.629. The number of nitrogens with one attached hydrogen (secondary N) is 1. The molecule has 2 aliphatic rings. The number of likely N-dealkylation sites (tertiary alicyclic amines) is 1. The zero-order valence-electron chi connectivity index (χ0n) is 21.7. The standard InChI is InChI=1S/C28H32F3N3O4/c1-18(2)25(36)33-13-11-27(12-14-33)34(26(37)21-9-7-19(3)8-10-21)23(17-38-27)24(35)32-16-20-5-4-6-22(15-20)28(29,30)31/h4-10,15,18,23H,11-14,16-17H2,1-3H3,(H,32,35)/t23-/m1/s1. The van der Waals surface area contributed by atoms with E-state index in [4.69, 9.17) is 4.74 Å². The van der Waals surface area contributed by atoms with Crippen molar-refractivity contribution in [1.82, 2.24) is 15.1 Å². The molecular formula is C28H32F3N3O4. The lowest BCUT2D eigenvalue weighted by atomic mass is 9.95. The second kappa shape index (κ2) is 10.8. The Morgan fingerprint density at radius 2 is 1.74 bits per heavy atom. The first-order valence-corrected chi connectivity index (χ1v) is 12.7. The van der Waals surface area contributed by atoms with Crippen LogP contribution in [-0.4, -0.2) is 59.0 Å².